The number of benzene rings is 1. The summed E-state index contributed by atoms with van der Waals surface area (Å²) >= 11 is 1.45. The fourth-order valence-electron chi connectivity index (χ4n) is 4.76. The summed E-state index contributed by atoms with van der Waals surface area (Å²) in [5, 5.41) is 1.73. The van der Waals surface area contributed by atoms with Gasteiger partial charge in [0.2, 0.25) is 5.91 Å². The molecule has 0 saturated carbocycles. The van der Waals surface area contributed by atoms with Crippen molar-refractivity contribution in [1.82, 2.24) is 19.4 Å². The monoisotopic (exact) mass is 558 g/mol. The second kappa shape index (κ2) is 10.4. The van der Waals surface area contributed by atoms with E-state index in [1.807, 2.05) is 66.9 Å². The van der Waals surface area contributed by atoms with Crippen LogP contribution in [-0.4, -0.2) is 43.9 Å². The molecular weight excluding hydrogens is 529 g/mol. The number of rotatable bonds is 5. The quantitative estimate of drug-likeness (QED) is 0.238. The zero-order chi connectivity index (χ0) is 27.1. The normalized spacial score (nSPS) is 15.4. The number of halogens is 3. The van der Waals surface area contributed by atoms with E-state index >= 15 is 0 Å². The molecule has 0 spiro atoms. The molecule has 5 nitrogen and oxygen atoms in total. The molecule has 0 unspecified atom stereocenters. The molecule has 5 rings (SSSR count). The Balaban J connectivity index is 1.26. The van der Waals surface area contributed by atoms with E-state index in [1.54, 1.807) is 18.3 Å². The highest BCUT2D eigenvalue weighted by Crippen LogP contribution is 2.42. The van der Waals surface area contributed by atoms with E-state index in [1.165, 1.54) is 11.3 Å². The number of pyridine rings is 1. The van der Waals surface area contributed by atoms with E-state index in [9.17, 15) is 18.0 Å². The summed E-state index contributed by atoms with van der Waals surface area (Å²) in [6, 6.07) is 11.0. The number of likely N-dealkylation sites (tertiary alicyclic amines) is 1. The smallest absolute Gasteiger partial charge is 0.341 e. The minimum atomic E-state index is -4.35. The topological polar surface area (TPSA) is 51.0 Å². The molecule has 1 amide bonds. The van der Waals surface area contributed by atoms with Crippen molar-refractivity contribution in [2.24, 2.45) is 0 Å². The fraction of sp³-hybridized carbons (Fsp3) is 0.393. The van der Waals surface area contributed by atoms with Crippen molar-refractivity contribution in [3.05, 3.63) is 65.4 Å². The van der Waals surface area contributed by atoms with Crippen LogP contribution in [0, 0.1) is 0 Å². The molecule has 1 aromatic carbocycles. The Hall–Kier alpha value is -2.85. The van der Waals surface area contributed by atoms with Crippen LogP contribution in [0.15, 0.2) is 59.9 Å². The highest BCUT2D eigenvalue weighted by molar-refractivity contribution is 8.00. The predicted octanol–water partition coefficient (Wildman–Crippen LogP) is 7.48. The van der Waals surface area contributed by atoms with Crippen LogP contribution in [-0.2, 0) is 16.8 Å². The molecule has 10 heteroatoms. The van der Waals surface area contributed by atoms with Gasteiger partial charge in [0.25, 0.3) is 0 Å². The van der Waals surface area contributed by atoms with Crippen molar-refractivity contribution < 1.29 is 18.0 Å². The van der Waals surface area contributed by atoms with Crippen molar-refractivity contribution in [3.8, 4) is 10.6 Å². The molecular formula is C28H29F3N4OS2. The lowest BCUT2D eigenvalue weighted by Crippen LogP contribution is -2.39. The first-order valence-electron chi connectivity index (χ1n) is 12.5. The number of piperidine rings is 1. The number of carbonyl (C=O) groups excluding carboxylic acids is 1. The van der Waals surface area contributed by atoms with Gasteiger partial charge in [0, 0.05) is 52.4 Å². The molecule has 200 valence electrons. The molecule has 3 aromatic heterocycles. The maximum Gasteiger partial charge on any atom is 0.446 e. The first-order chi connectivity index (χ1) is 18.0. The van der Waals surface area contributed by atoms with Crippen molar-refractivity contribution in [1.29, 1.82) is 0 Å². The van der Waals surface area contributed by atoms with Gasteiger partial charge in [-0.25, -0.2) is 9.97 Å². The SMILES string of the molecule is CC(C)(C)c1cc(SC(F)(F)F)cc(-c2ncc(C3CCN(C(=O)Cn4ccc5cccnc54)CC3)s2)c1. The fourth-order valence-corrected chi connectivity index (χ4v) is 6.48. The van der Waals surface area contributed by atoms with Crippen LogP contribution in [0.25, 0.3) is 21.6 Å². The average molecular weight is 559 g/mol. The summed E-state index contributed by atoms with van der Waals surface area (Å²) < 4.78 is 41.3. The molecule has 1 aliphatic rings. The van der Waals surface area contributed by atoms with Gasteiger partial charge in [-0.15, -0.1) is 11.3 Å². The average Bonchev–Trinajstić information content (AvgIpc) is 3.50. The molecule has 4 aromatic rings. The predicted molar refractivity (Wildman–Crippen MR) is 146 cm³/mol. The number of nitrogens with zero attached hydrogens (tertiary/aromatic N) is 4. The molecule has 4 heterocycles. The number of thioether (sulfide) groups is 1. The third-order valence-corrected chi connectivity index (χ3v) is 8.77. The molecule has 0 bridgehead atoms. The minimum absolute atomic E-state index is 0.0743. The first kappa shape index (κ1) is 26.7. The Kier molecular flexibility index (Phi) is 7.30. The van der Waals surface area contributed by atoms with E-state index < -0.39 is 5.51 Å². The van der Waals surface area contributed by atoms with E-state index in [2.05, 4.69) is 9.97 Å². The summed E-state index contributed by atoms with van der Waals surface area (Å²) in [4.78, 5) is 25.1. The second-order valence-corrected chi connectivity index (χ2v) is 12.8. The molecule has 1 saturated heterocycles. The summed E-state index contributed by atoms with van der Waals surface area (Å²) in [7, 11) is 0. The van der Waals surface area contributed by atoms with Crippen LogP contribution >= 0.6 is 23.1 Å². The molecule has 0 aliphatic carbocycles. The maximum atomic E-state index is 13.1. The number of alkyl halides is 3. The minimum Gasteiger partial charge on any atom is -0.341 e. The lowest BCUT2D eigenvalue weighted by atomic mass is 9.86. The van der Waals surface area contributed by atoms with Gasteiger partial charge in [-0.2, -0.15) is 13.2 Å². The number of aromatic nitrogens is 3. The Morgan fingerprint density at radius 1 is 1.11 bits per heavy atom. The van der Waals surface area contributed by atoms with E-state index in [-0.39, 0.29) is 40.4 Å². The molecule has 0 N–H and O–H groups in total. The number of hydrogen-bond acceptors (Lipinski definition) is 5. The number of thiazole rings is 1. The van der Waals surface area contributed by atoms with Gasteiger partial charge in [-0.05, 0) is 77.9 Å². The lowest BCUT2D eigenvalue weighted by molar-refractivity contribution is -0.132. The lowest BCUT2D eigenvalue weighted by Gasteiger charge is -2.31. The third-order valence-electron chi connectivity index (χ3n) is 6.86. The largest absolute Gasteiger partial charge is 0.446 e. The first-order valence-corrected chi connectivity index (χ1v) is 14.1. The molecule has 1 fully saturated rings. The van der Waals surface area contributed by atoms with Crippen molar-refractivity contribution in [2.45, 2.75) is 61.9 Å². The summed E-state index contributed by atoms with van der Waals surface area (Å²) in [6.45, 7) is 7.56. The molecule has 0 atom stereocenters. The van der Waals surface area contributed by atoms with Crippen LogP contribution in [0.1, 0.15) is 50.0 Å². The van der Waals surface area contributed by atoms with Gasteiger partial charge in [-0.1, -0.05) is 20.8 Å². The Bertz CT molecular complexity index is 1450. The van der Waals surface area contributed by atoms with Gasteiger partial charge >= 0.3 is 5.51 Å². The van der Waals surface area contributed by atoms with Crippen molar-refractivity contribution in [2.75, 3.05) is 13.1 Å². The standard InChI is InChI=1S/C28H29F3N4OS2/c1-27(2,3)21-13-20(14-22(15-21)38-28(29,30)31)26-33-16-23(37-26)18-6-10-34(11-7-18)24(36)17-35-12-8-19-5-4-9-32-25(19)35/h4-5,8-9,12-16,18H,6-7,10-11,17H2,1-3H3. The van der Waals surface area contributed by atoms with E-state index in [4.69, 9.17) is 0 Å². The maximum absolute atomic E-state index is 13.1. The summed E-state index contributed by atoms with van der Waals surface area (Å²) in [5.74, 6) is 0.347. The summed E-state index contributed by atoms with van der Waals surface area (Å²) in [6.07, 6.45) is 7.13. The van der Waals surface area contributed by atoms with Crippen LogP contribution in [0.4, 0.5) is 13.2 Å². The van der Waals surface area contributed by atoms with Crippen LogP contribution in [0.2, 0.25) is 0 Å². The van der Waals surface area contributed by atoms with Gasteiger partial charge < -0.3 is 9.47 Å². The van der Waals surface area contributed by atoms with Crippen LogP contribution in [0.3, 0.4) is 0 Å². The Morgan fingerprint density at radius 3 is 2.58 bits per heavy atom. The highest BCUT2D eigenvalue weighted by Gasteiger charge is 2.31. The van der Waals surface area contributed by atoms with Gasteiger partial charge in [0.1, 0.15) is 17.2 Å². The number of hydrogen-bond donors (Lipinski definition) is 0. The third kappa shape index (κ3) is 6.07. The zero-order valence-electron chi connectivity index (χ0n) is 21.5. The van der Waals surface area contributed by atoms with Gasteiger partial charge in [-0.3, -0.25) is 4.79 Å². The van der Waals surface area contributed by atoms with Gasteiger partial charge in [0.05, 0.1) is 0 Å². The highest BCUT2D eigenvalue weighted by atomic mass is 32.2. The number of fused-ring (bicyclic) bond motifs is 1. The van der Waals surface area contributed by atoms with Gasteiger partial charge in [0.15, 0.2) is 0 Å². The number of amides is 1. The van der Waals surface area contributed by atoms with Crippen molar-refractivity contribution >= 4 is 40.0 Å². The van der Waals surface area contributed by atoms with E-state index in [0.717, 1.165) is 39.3 Å². The van der Waals surface area contributed by atoms with Crippen LogP contribution < -0.4 is 0 Å². The Morgan fingerprint density at radius 2 is 1.87 bits per heavy atom. The Labute approximate surface area is 228 Å². The summed E-state index contributed by atoms with van der Waals surface area (Å²) in [5.41, 5.74) is -2.28. The second-order valence-electron chi connectivity index (χ2n) is 10.6. The molecule has 38 heavy (non-hydrogen) atoms. The van der Waals surface area contributed by atoms with E-state index in [0.29, 0.717) is 18.7 Å². The van der Waals surface area contributed by atoms with Crippen LogP contribution in [0.5, 0.6) is 0 Å². The molecule has 1 aliphatic heterocycles. The zero-order valence-corrected chi connectivity index (χ0v) is 23.1. The number of carbonyl (C=O) groups is 1. The van der Waals surface area contributed by atoms with Crippen molar-refractivity contribution in [3.63, 3.8) is 0 Å². The molecule has 0 radical (unpaired) electrons.